The van der Waals surface area contributed by atoms with Gasteiger partial charge in [-0.2, -0.15) is 4.98 Å². The first-order valence-electron chi connectivity index (χ1n) is 9.12. The first kappa shape index (κ1) is 17.9. The zero-order chi connectivity index (χ0) is 17.6. The van der Waals surface area contributed by atoms with Crippen LogP contribution in [0.15, 0.2) is 4.52 Å². The molecule has 3 heterocycles. The fourth-order valence-corrected chi connectivity index (χ4v) is 3.31. The molecule has 1 saturated heterocycles. The summed E-state index contributed by atoms with van der Waals surface area (Å²) in [7, 11) is 2.16. The topological polar surface area (TPSA) is 89.0 Å². The van der Waals surface area contributed by atoms with Gasteiger partial charge in [0.15, 0.2) is 11.6 Å². The van der Waals surface area contributed by atoms with Crippen molar-refractivity contribution in [2.75, 3.05) is 20.1 Å². The fraction of sp³-hybridized carbons (Fsp3) is 0.812. The average Bonchev–Trinajstić information content (AvgIpc) is 3.22. The number of rotatable bonds is 8. The highest BCUT2D eigenvalue weighted by atomic mass is 16.5. The van der Waals surface area contributed by atoms with E-state index in [2.05, 4.69) is 49.4 Å². The van der Waals surface area contributed by atoms with Crippen molar-refractivity contribution in [3.63, 3.8) is 0 Å². The highest BCUT2D eigenvalue weighted by molar-refractivity contribution is 4.89. The Bertz CT molecular complexity index is 654. The van der Waals surface area contributed by atoms with Gasteiger partial charge in [-0.05, 0) is 43.3 Å². The molecule has 1 aliphatic heterocycles. The van der Waals surface area contributed by atoms with E-state index in [1.807, 2.05) is 11.6 Å². The number of likely N-dealkylation sites (N-methyl/N-ethyl adjacent to an activating group) is 1. The molecule has 9 nitrogen and oxygen atoms in total. The van der Waals surface area contributed by atoms with Crippen LogP contribution in [0.3, 0.4) is 0 Å². The third-order valence-electron chi connectivity index (χ3n) is 4.76. The second kappa shape index (κ2) is 8.48. The summed E-state index contributed by atoms with van der Waals surface area (Å²) in [5, 5.41) is 16.2. The molecule has 1 atom stereocenters. The lowest BCUT2D eigenvalue weighted by molar-refractivity contribution is 0.102. The molecule has 0 radical (unpaired) electrons. The lowest BCUT2D eigenvalue weighted by Crippen LogP contribution is -2.46. The molecule has 0 aromatic carbocycles. The van der Waals surface area contributed by atoms with E-state index in [1.165, 1.54) is 12.8 Å². The Morgan fingerprint density at radius 2 is 2.24 bits per heavy atom. The SMILES string of the molecule is CCCCn1nnnc1CN(C)[C@H]1CCCN(Cc2noc(C)n2)C1. The van der Waals surface area contributed by atoms with E-state index < -0.39 is 0 Å². The molecule has 2 aromatic rings. The Morgan fingerprint density at radius 3 is 3.00 bits per heavy atom. The van der Waals surface area contributed by atoms with Gasteiger partial charge >= 0.3 is 0 Å². The van der Waals surface area contributed by atoms with E-state index in [0.717, 1.165) is 57.2 Å². The van der Waals surface area contributed by atoms with Crippen LogP contribution in [0.2, 0.25) is 0 Å². The first-order chi connectivity index (χ1) is 12.2. The summed E-state index contributed by atoms with van der Waals surface area (Å²) < 4.78 is 7.01. The maximum Gasteiger partial charge on any atom is 0.223 e. The summed E-state index contributed by atoms with van der Waals surface area (Å²) in [4.78, 5) is 9.07. The lowest BCUT2D eigenvalue weighted by atomic mass is 10.0. The van der Waals surface area contributed by atoms with Gasteiger partial charge in [-0.25, -0.2) is 4.68 Å². The summed E-state index contributed by atoms with van der Waals surface area (Å²) in [6.45, 7) is 8.49. The van der Waals surface area contributed by atoms with Crippen LogP contribution in [-0.4, -0.2) is 66.3 Å². The van der Waals surface area contributed by atoms with Gasteiger partial charge in [0, 0.05) is 26.1 Å². The third-order valence-corrected chi connectivity index (χ3v) is 4.76. The fourth-order valence-electron chi connectivity index (χ4n) is 3.31. The molecule has 9 heteroatoms. The van der Waals surface area contributed by atoms with Crippen molar-refractivity contribution in [2.45, 2.75) is 65.2 Å². The number of piperidine rings is 1. The molecule has 1 aliphatic rings. The molecule has 0 unspecified atom stereocenters. The molecule has 0 N–H and O–H groups in total. The average molecular weight is 348 g/mol. The number of nitrogens with zero attached hydrogens (tertiary/aromatic N) is 8. The van der Waals surface area contributed by atoms with Crippen molar-refractivity contribution in [3.8, 4) is 0 Å². The number of aromatic nitrogens is 6. The van der Waals surface area contributed by atoms with Crippen molar-refractivity contribution in [1.82, 2.24) is 40.1 Å². The van der Waals surface area contributed by atoms with E-state index in [4.69, 9.17) is 4.52 Å². The minimum absolute atomic E-state index is 0.484. The molecule has 0 aliphatic carbocycles. The van der Waals surface area contributed by atoms with Gasteiger partial charge in [-0.1, -0.05) is 18.5 Å². The number of unbranched alkanes of at least 4 members (excludes halogenated alkanes) is 1. The first-order valence-corrected chi connectivity index (χ1v) is 9.12. The van der Waals surface area contributed by atoms with Gasteiger partial charge in [0.2, 0.25) is 5.89 Å². The standard InChI is InChI=1S/C16H28N8O/c1-4-5-9-24-16(18-20-21-24)12-22(3)14-7-6-8-23(10-14)11-15-17-13(2)25-19-15/h14H,4-12H2,1-3H3/t14-/m0/s1. The summed E-state index contributed by atoms with van der Waals surface area (Å²) >= 11 is 0. The second-order valence-electron chi connectivity index (χ2n) is 6.85. The van der Waals surface area contributed by atoms with E-state index in [-0.39, 0.29) is 0 Å². The number of aryl methyl sites for hydroxylation is 2. The molecule has 0 saturated carbocycles. The van der Waals surface area contributed by atoms with Gasteiger partial charge in [-0.3, -0.25) is 9.80 Å². The van der Waals surface area contributed by atoms with Crippen LogP contribution in [0, 0.1) is 6.92 Å². The Kier molecular flexibility index (Phi) is 6.09. The summed E-state index contributed by atoms with van der Waals surface area (Å²) in [6.07, 6.45) is 4.60. The minimum atomic E-state index is 0.484. The zero-order valence-electron chi connectivity index (χ0n) is 15.4. The van der Waals surface area contributed by atoms with Crippen LogP contribution >= 0.6 is 0 Å². The summed E-state index contributed by atoms with van der Waals surface area (Å²) in [5.41, 5.74) is 0. The third kappa shape index (κ3) is 4.82. The smallest absolute Gasteiger partial charge is 0.223 e. The highest BCUT2D eigenvalue weighted by Gasteiger charge is 2.25. The maximum atomic E-state index is 5.07. The zero-order valence-corrected chi connectivity index (χ0v) is 15.4. The van der Waals surface area contributed by atoms with Crippen molar-refractivity contribution in [1.29, 1.82) is 0 Å². The Hall–Kier alpha value is -1.87. The van der Waals surface area contributed by atoms with Crippen LogP contribution in [0.1, 0.15) is 50.1 Å². The van der Waals surface area contributed by atoms with Crippen molar-refractivity contribution >= 4 is 0 Å². The Morgan fingerprint density at radius 1 is 1.36 bits per heavy atom. The van der Waals surface area contributed by atoms with Gasteiger partial charge < -0.3 is 4.52 Å². The molecule has 138 valence electrons. The van der Waals surface area contributed by atoms with Crippen LogP contribution in [0.4, 0.5) is 0 Å². The summed E-state index contributed by atoms with van der Waals surface area (Å²) in [6, 6.07) is 0.484. The molecule has 0 amide bonds. The Balaban J connectivity index is 1.54. The van der Waals surface area contributed by atoms with Crippen LogP contribution in [0.5, 0.6) is 0 Å². The normalized spacial score (nSPS) is 19.0. The monoisotopic (exact) mass is 348 g/mol. The van der Waals surface area contributed by atoms with Crippen molar-refractivity contribution in [3.05, 3.63) is 17.5 Å². The number of hydrogen-bond donors (Lipinski definition) is 0. The van der Waals surface area contributed by atoms with E-state index in [0.29, 0.717) is 11.9 Å². The minimum Gasteiger partial charge on any atom is -0.340 e. The largest absolute Gasteiger partial charge is 0.340 e. The maximum absolute atomic E-state index is 5.07. The van der Waals surface area contributed by atoms with Crippen molar-refractivity contribution < 1.29 is 4.52 Å². The van der Waals surface area contributed by atoms with E-state index in [1.54, 1.807) is 0 Å². The molecule has 0 bridgehead atoms. The van der Waals surface area contributed by atoms with Gasteiger partial charge in [0.05, 0.1) is 13.1 Å². The summed E-state index contributed by atoms with van der Waals surface area (Å²) in [5.74, 6) is 2.34. The van der Waals surface area contributed by atoms with Gasteiger partial charge in [0.25, 0.3) is 0 Å². The predicted molar refractivity (Wildman–Crippen MR) is 91.5 cm³/mol. The van der Waals surface area contributed by atoms with Gasteiger partial charge in [-0.15, -0.1) is 5.10 Å². The quantitative estimate of drug-likeness (QED) is 0.704. The second-order valence-corrected chi connectivity index (χ2v) is 6.85. The molecule has 3 rings (SSSR count). The predicted octanol–water partition coefficient (Wildman–Crippen LogP) is 1.26. The van der Waals surface area contributed by atoms with E-state index in [9.17, 15) is 0 Å². The lowest BCUT2D eigenvalue weighted by Gasteiger charge is -2.36. The molecular weight excluding hydrogens is 320 g/mol. The van der Waals surface area contributed by atoms with Crippen LogP contribution < -0.4 is 0 Å². The number of tetrazole rings is 1. The molecule has 0 spiro atoms. The van der Waals surface area contributed by atoms with Gasteiger partial charge in [0.1, 0.15) is 0 Å². The molecule has 2 aromatic heterocycles. The highest BCUT2D eigenvalue weighted by Crippen LogP contribution is 2.18. The number of hydrogen-bond acceptors (Lipinski definition) is 8. The Labute approximate surface area is 148 Å². The van der Waals surface area contributed by atoms with Crippen LogP contribution in [-0.2, 0) is 19.6 Å². The number of likely N-dealkylation sites (tertiary alicyclic amines) is 1. The molecule has 25 heavy (non-hydrogen) atoms. The van der Waals surface area contributed by atoms with E-state index >= 15 is 0 Å². The van der Waals surface area contributed by atoms with Crippen LogP contribution in [0.25, 0.3) is 0 Å². The molecule has 1 fully saturated rings. The molecular formula is C16H28N8O. The van der Waals surface area contributed by atoms with Crippen molar-refractivity contribution in [2.24, 2.45) is 0 Å².